The second-order valence-corrected chi connectivity index (χ2v) is 6.07. The van der Waals surface area contributed by atoms with E-state index in [2.05, 4.69) is 5.32 Å². The number of rotatable bonds is 7. The summed E-state index contributed by atoms with van der Waals surface area (Å²) in [6, 6.07) is 0. The molecule has 0 aliphatic heterocycles. The lowest BCUT2D eigenvalue weighted by Crippen LogP contribution is -2.58. The van der Waals surface area contributed by atoms with Gasteiger partial charge in [-0.15, -0.1) is 0 Å². The molecule has 0 bridgehead atoms. The fraction of sp³-hybridized carbons (Fsp3) is 0.846. The van der Waals surface area contributed by atoms with E-state index in [1.165, 1.54) is 0 Å². The Labute approximate surface area is 108 Å². The first-order chi connectivity index (χ1) is 8.25. The van der Waals surface area contributed by atoms with Gasteiger partial charge in [-0.1, -0.05) is 13.8 Å². The average Bonchev–Trinajstić information content (AvgIpc) is 2.23. The maximum absolute atomic E-state index is 11.8. The molecule has 0 aromatic rings. The molecule has 0 unspecified atom stereocenters. The Morgan fingerprint density at radius 3 is 2.39 bits per heavy atom. The van der Waals surface area contributed by atoms with Gasteiger partial charge in [0.2, 0.25) is 5.91 Å². The summed E-state index contributed by atoms with van der Waals surface area (Å²) in [6.07, 6.45) is 4.10. The van der Waals surface area contributed by atoms with E-state index in [4.69, 9.17) is 10.8 Å². The van der Waals surface area contributed by atoms with E-state index in [-0.39, 0.29) is 17.7 Å². The van der Waals surface area contributed by atoms with E-state index in [0.29, 0.717) is 13.0 Å². The van der Waals surface area contributed by atoms with Crippen molar-refractivity contribution in [1.29, 1.82) is 0 Å². The molecule has 0 heterocycles. The van der Waals surface area contributed by atoms with Gasteiger partial charge in [0.15, 0.2) is 0 Å². The summed E-state index contributed by atoms with van der Waals surface area (Å²) in [7, 11) is 0. The number of nitrogens with two attached hydrogens (primary N) is 1. The molecule has 0 radical (unpaired) electrons. The second-order valence-electron chi connectivity index (χ2n) is 6.07. The number of aliphatic carboxylic acids is 1. The average molecular weight is 256 g/mol. The molecule has 0 saturated heterocycles. The van der Waals surface area contributed by atoms with Crippen LogP contribution in [0.15, 0.2) is 0 Å². The molecular formula is C13H24N2O3. The molecule has 5 heteroatoms. The van der Waals surface area contributed by atoms with Crippen LogP contribution in [0.25, 0.3) is 0 Å². The molecule has 1 fully saturated rings. The molecule has 0 aromatic carbocycles. The van der Waals surface area contributed by atoms with E-state index in [0.717, 1.165) is 25.7 Å². The van der Waals surface area contributed by atoms with Gasteiger partial charge < -0.3 is 16.2 Å². The van der Waals surface area contributed by atoms with Crippen molar-refractivity contribution in [1.82, 2.24) is 5.32 Å². The number of carboxylic acids is 1. The highest BCUT2D eigenvalue weighted by atomic mass is 16.4. The smallest absolute Gasteiger partial charge is 0.303 e. The minimum Gasteiger partial charge on any atom is -0.481 e. The number of carboxylic acid groups (broad SMARTS) is 1. The van der Waals surface area contributed by atoms with Crippen LogP contribution in [0, 0.1) is 5.41 Å². The van der Waals surface area contributed by atoms with Gasteiger partial charge in [0.05, 0.1) is 5.54 Å². The van der Waals surface area contributed by atoms with Crippen LogP contribution in [0.5, 0.6) is 0 Å². The first kappa shape index (κ1) is 15.0. The van der Waals surface area contributed by atoms with Crippen molar-refractivity contribution >= 4 is 11.9 Å². The quantitative estimate of drug-likeness (QED) is 0.639. The number of hydrogen-bond acceptors (Lipinski definition) is 3. The van der Waals surface area contributed by atoms with E-state index in [9.17, 15) is 9.59 Å². The number of nitrogens with one attached hydrogen (secondary N) is 1. The van der Waals surface area contributed by atoms with E-state index >= 15 is 0 Å². The molecule has 0 atom stereocenters. The fourth-order valence-electron chi connectivity index (χ4n) is 2.05. The fourth-order valence-corrected chi connectivity index (χ4v) is 2.05. The van der Waals surface area contributed by atoms with Gasteiger partial charge in [0, 0.05) is 13.0 Å². The van der Waals surface area contributed by atoms with Crippen LogP contribution in [0.3, 0.4) is 0 Å². The largest absolute Gasteiger partial charge is 0.481 e. The third kappa shape index (κ3) is 4.29. The van der Waals surface area contributed by atoms with Crippen molar-refractivity contribution in [2.24, 2.45) is 11.1 Å². The number of carbonyl (C=O) groups is 2. The molecule has 1 aliphatic carbocycles. The molecule has 1 saturated carbocycles. The molecule has 0 aromatic heterocycles. The molecular weight excluding hydrogens is 232 g/mol. The van der Waals surface area contributed by atoms with Crippen LogP contribution in [-0.4, -0.2) is 29.1 Å². The monoisotopic (exact) mass is 256 g/mol. The van der Waals surface area contributed by atoms with E-state index in [1.807, 2.05) is 13.8 Å². The number of amides is 1. The van der Waals surface area contributed by atoms with Crippen LogP contribution in [0.1, 0.15) is 52.4 Å². The van der Waals surface area contributed by atoms with E-state index < -0.39 is 11.5 Å². The predicted molar refractivity (Wildman–Crippen MR) is 69.0 cm³/mol. The molecule has 4 N–H and O–H groups in total. The van der Waals surface area contributed by atoms with Crippen LogP contribution < -0.4 is 11.1 Å². The summed E-state index contributed by atoms with van der Waals surface area (Å²) in [5.41, 5.74) is 5.18. The Morgan fingerprint density at radius 2 is 1.94 bits per heavy atom. The lowest BCUT2D eigenvalue weighted by molar-refractivity contribution is -0.137. The summed E-state index contributed by atoms with van der Waals surface area (Å²) in [5.74, 6) is -0.842. The lowest BCUT2D eigenvalue weighted by atomic mass is 9.77. The molecule has 1 rings (SSSR count). The standard InChI is InChI=1S/C13H24N2O3/c1-12(2,7-4-10(16)17)8-9-15-11(18)13(14)5-3-6-13/h3-9,14H2,1-2H3,(H,15,18)(H,16,17). The van der Waals surface area contributed by atoms with Crippen molar-refractivity contribution in [3.8, 4) is 0 Å². The zero-order valence-electron chi connectivity index (χ0n) is 11.3. The molecule has 18 heavy (non-hydrogen) atoms. The molecule has 1 amide bonds. The maximum Gasteiger partial charge on any atom is 0.303 e. The van der Waals surface area contributed by atoms with Gasteiger partial charge in [-0.25, -0.2) is 0 Å². The predicted octanol–water partition coefficient (Wildman–Crippen LogP) is 1.27. The summed E-state index contributed by atoms with van der Waals surface area (Å²) in [4.78, 5) is 22.3. The number of hydrogen-bond donors (Lipinski definition) is 3. The Kier molecular flexibility index (Phi) is 4.73. The van der Waals surface area contributed by atoms with Crippen molar-refractivity contribution < 1.29 is 14.7 Å². The number of carbonyl (C=O) groups excluding carboxylic acids is 1. The molecule has 104 valence electrons. The zero-order chi connectivity index (χ0) is 13.8. The van der Waals surface area contributed by atoms with Crippen molar-refractivity contribution in [3.63, 3.8) is 0 Å². The highest BCUT2D eigenvalue weighted by Gasteiger charge is 2.39. The van der Waals surface area contributed by atoms with Gasteiger partial charge >= 0.3 is 5.97 Å². The van der Waals surface area contributed by atoms with Crippen molar-refractivity contribution in [2.75, 3.05) is 6.54 Å². The van der Waals surface area contributed by atoms with Gasteiger partial charge in [-0.3, -0.25) is 9.59 Å². The Morgan fingerprint density at radius 1 is 1.33 bits per heavy atom. The summed E-state index contributed by atoms with van der Waals surface area (Å²) >= 11 is 0. The summed E-state index contributed by atoms with van der Waals surface area (Å²) < 4.78 is 0. The molecule has 5 nitrogen and oxygen atoms in total. The van der Waals surface area contributed by atoms with Gasteiger partial charge in [0.25, 0.3) is 0 Å². The highest BCUT2D eigenvalue weighted by molar-refractivity contribution is 5.86. The van der Waals surface area contributed by atoms with Crippen molar-refractivity contribution in [3.05, 3.63) is 0 Å². The topological polar surface area (TPSA) is 92.4 Å². The molecule has 1 aliphatic rings. The van der Waals surface area contributed by atoms with E-state index in [1.54, 1.807) is 0 Å². The minimum absolute atomic E-state index is 0.0669. The lowest BCUT2D eigenvalue weighted by Gasteiger charge is -2.36. The van der Waals surface area contributed by atoms with Gasteiger partial charge in [-0.2, -0.15) is 0 Å². The Balaban J connectivity index is 2.23. The van der Waals surface area contributed by atoms with Crippen LogP contribution in [-0.2, 0) is 9.59 Å². The SMILES string of the molecule is CC(C)(CCNC(=O)C1(N)CCC1)CCC(=O)O. The third-order valence-electron chi connectivity index (χ3n) is 3.80. The highest BCUT2D eigenvalue weighted by Crippen LogP contribution is 2.29. The Hall–Kier alpha value is -1.10. The summed E-state index contributed by atoms with van der Waals surface area (Å²) in [5, 5.41) is 11.5. The van der Waals surface area contributed by atoms with Crippen LogP contribution >= 0.6 is 0 Å². The maximum atomic E-state index is 11.8. The minimum atomic E-state index is -0.775. The third-order valence-corrected chi connectivity index (χ3v) is 3.80. The Bertz CT molecular complexity index is 322. The van der Waals surface area contributed by atoms with Gasteiger partial charge in [-0.05, 0) is 37.5 Å². The molecule has 0 spiro atoms. The summed E-state index contributed by atoms with van der Waals surface area (Å²) in [6.45, 7) is 4.59. The van der Waals surface area contributed by atoms with Gasteiger partial charge in [0.1, 0.15) is 0 Å². The first-order valence-corrected chi connectivity index (χ1v) is 6.54. The second kappa shape index (κ2) is 5.69. The van der Waals surface area contributed by atoms with Crippen molar-refractivity contribution in [2.45, 2.75) is 57.9 Å². The first-order valence-electron chi connectivity index (χ1n) is 6.54. The van der Waals surface area contributed by atoms with Crippen LogP contribution in [0.2, 0.25) is 0 Å². The van der Waals surface area contributed by atoms with Crippen LogP contribution in [0.4, 0.5) is 0 Å². The zero-order valence-corrected chi connectivity index (χ0v) is 11.3. The normalized spacial score (nSPS) is 17.9.